The number of sulfonamides is 1. The van der Waals surface area contributed by atoms with E-state index in [-0.39, 0.29) is 17.3 Å². The van der Waals surface area contributed by atoms with Crippen LogP contribution in [0.3, 0.4) is 0 Å². The van der Waals surface area contributed by atoms with Crippen LogP contribution in [0.4, 0.5) is 29.1 Å². The van der Waals surface area contributed by atoms with Crippen molar-refractivity contribution in [3.05, 3.63) is 120 Å². The molecule has 0 fully saturated rings. The molecule has 0 aliphatic rings. The standard InChI is InChI=1S/C31H28FN5O4S.C2HF3O2/c1-41-29-4-2-3-25(36-29)16-18-34-30-28-19-27(14-9-22(28)15-17-33-30)42(39,40)35-20-21-5-12-26(13-6-21)37-31(38)23-7-10-24(32)11-8-23;3-2(4,5)1(6)7/h2-15,17,19,35H,16,18,20H2,1H3,(H,33,34)(H,37,38);(H,6,7). The Balaban J connectivity index is 0.000000698. The van der Waals surface area contributed by atoms with Gasteiger partial charge in [-0.25, -0.2) is 32.3 Å². The molecule has 2 aromatic heterocycles. The molecule has 2 heterocycles. The van der Waals surface area contributed by atoms with Gasteiger partial charge in [-0.3, -0.25) is 4.79 Å². The average molecular weight is 700 g/mol. The molecule has 4 N–H and O–H groups in total. The summed E-state index contributed by atoms with van der Waals surface area (Å²) in [5.74, 6) is -2.44. The van der Waals surface area contributed by atoms with E-state index in [9.17, 15) is 30.8 Å². The van der Waals surface area contributed by atoms with Crippen LogP contribution >= 0.6 is 0 Å². The number of fused-ring (bicyclic) bond motifs is 1. The minimum atomic E-state index is -5.08. The van der Waals surface area contributed by atoms with Gasteiger partial charge in [-0.05, 0) is 71.6 Å². The average Bonchev–Trinajstić information content (AvgIpc) is 3.08. The number of ether oxygens (including phenoxy) is 1. The Morgan fingerprint density at radius 3 is 2.29 bits per heavy atom. The maximum absolute atomic E-state index is 13.2. The van der Waals surface area contributed by atoms with Gasteiger partial charge in [0.25, 0.3) is 5.91 Å². The summed E-state index contributed by atoms with van der Waals surface area (Å²) in [5.41, 5.74) is 2.42. The van der Waals surface area contributed by atoms with Gasteiger partial charge in [0.15, 0.2) is 0 Å². The number of aliphatic carboxylic acids is 1. The number of aromatic nitrogens is 2. The van der Waals surface area contributed by atoms with Gasteiger partial charge in [0.05, 0.1) is 12.0 Å². The number of methoxy groups -OCH3 is 1. The Labute approximate surface area is 278 Å². The number of anilines is 2. The number of alkyl halides is 3. The highest BCUT2D eigenvalue weighted by molar-refractivity contribution is 7.89. The summed E-state index contributed by atoms with van der Waals surface area (Å²) in [7, 11) is -2.27. The van der Waals surface area contributed by atoms with Crippen molar-refractivity contribution in [1.82, 2.24) is 14.7 Å². The number of benzene rings is 3. The third-order valence-corrected chi connectivity index (χ3v) is 8.14. The van der Waals surface area contributed by atoms with Crippen molar-refractivity contribution < 1.29 is 45.4 Å². The molecule has 0 saturated heterocycles. The number of nitrogens with zero attached hydrogens (tertiary/aromatic N) is 2. The first-order valence-electron chi connectivity index (χ1n) is 14.3. The Morgan fingerprint density at radius 1 is 0.939 bits per heavy atom. The van der Waals surface area contributed by atoms with E-state index in [1.165, 1.54) is 24.3 Å². The number of carboxylic acid groups (broad SMARTS) is 1. The van der Waals surface area contributed by atoms with Crippen molar-refractivity contribution in [3.8, 4) is 5.88 Å². The Hall–Kier alpha value is -5.61. The molecule has 0 saturated carbocycles. The normalized spacial score (nSPS) is 11.3. The van der Waals surface area contributed by atoms with Crippen molar-refractivity contribution in [2.24, 2.45) is 0 Å². The topological polar surface area (TPSA) is 160 Å². The molecule has 0 unspecified atom stereocenters. The number of carbonyl (C=O) groups is 2. The molecule has 0 atom stereocenters. The van der Waals surface area contributed by atoms with E-state index in [0.29, 0.717) is 46.9 Å². The van der Waals surface area contributed by atoms with Gasteiger partial charge in [0.2, 0.25) is 15.9 Å². The predicted octanol–water partition coefficient (Wildman–Crippen LogP) is 5.80. The van der Waals surface area contributed by atoms with E-state index in [2.05, 4.69) is 25.3 Å². The molecule has 0 aliphatic carbocycles. The van der Waals surface area contributed by atoms with E-state index in [0.717, 1.165) is 11.1 Å². The van der Waals surface area contributed by atoms with E-state index in [1.54, 1.807) is 61.8 Å². The second-order valence-electron chi connectivity index (χ2n) is 10.2. The maximum Gasteiger partial charge on any atom is 0.490 e. The molecule has 11 nitrogen and oxygen atoms in total. The number of hydrogen-bond donors (Lipinski definition) is 4. The summed E-state index contributed by atoms with van der Waals surface area (Å²) in [5, 5.41) is 14.7. The molecule has 0 spiro atoms. The first-order valence-corrected chi connectivity index (χ1v) is 15.8. The Morgan fingerprint density at radius 2 is 1.63 bits per heavy atom. The first-order chi connectivity index (χ1) is 23.2. The minimum Gasteiger partial charge on any atom is -0.481 e. The van der Waals surface area contributed by atoms with E-state index < -0.39 is 28.0 Å². The third-order valence-electron chi connectivity index (χ3n) is 6.74. The smallest absolute Gasteiger partial charge is 0.481 e. The van der Waals surface area contributed by atoms with Crippen molar-refractivity contribution in [3.63, 3.8) is 0 Å². The molecule has 3 aromatic carbocycles. The second kappa shape index (κ2) is 16.0. The lowest BCUT2D eigenvalue weighted by Crippen LogP contribution is -2.23. The summed E-state index contributed by atoms with van der Waals surface area (Å²) in [4.78, 5) is 30.2. The number of nitrogens with one attached hydrogen (secondary N) is 3. The van der Waals surface area contributed by atoms with Gasteiger partial charge in [0, 0.05) is 54.1 Å². The van der Waals surface area contributed by atoms with Crippen LogP contribution in [0.15, 0.2) is 102 Å². The highest BCUT2D eigenvalue weighted by atomic mass is 32.2. The predicted molar refractivity (Wildman–Crippen MR) is 173 cm³/mol. The summed E-state index contributed by atoms with van der Waals surface area (Å²) in [6.45, 7) is 0.597. The van der Waals surface area contributed by atoms with Crippen LogP contribution in [0.2, 0.25) is 0 Å². The van der Waals surface area contributed by atoms with Gasteiger partial charge in [-0.1, -0.05) is 24.3 Å². The SMILES string of the molecule is COc1cccc(CCNc2nccc3ccc(S(=O)(=O)NCc4ccc(NC(=O)c5ccc(F)cc5)cc4)cc23)n1.O=C(O)C(F)(F)F. The largest absolute Gasteiger partial charge is 0.490 e. The van der Waals surface area contributed by atoms with Gasteiger partial charge in [-0.2, -0.15) is 13.2 Å². The highest BCUT2D eigenvalue weighted by Gasteiger charge is 2.38. The Kier molecular flexibility index (Phi) is 11.8. The summed E-state index contributed by atoms with van der Waals surface area (Å²) >= 11 is 0. The third kappa shape index (κ3) is 10.4. The van der Waals surface area contributed by atoms with Gasteiger partial charge in [-0.15, -0.1) is 0 Å². The van der Waals surface area contributed by atoms with Gasteiger partial charge >= 0.3 is 12.1 Å². The molecule has 1 amide bonds. The molecular formula is C33H29F4N5O6S. The van der Waals surface area contributed by atoms with Crippen LogP contribution in [0.5, 0.6) is 5.88 Å². The van der Waals surface area contributed by atoms with Gasteiger partial charge in [0.1, 0.15) is 11.6 Å². The molecule has 49 heavy (non-hydrogen) atoms. The van der Waals surface area contributed by atoms with Crippen LogP contribution in [-0.2, 0) is 27.8 Å². The van der Waals surface area contributed by atoms with E-state index in [4.69, 9.17) is 14.6 Å². The number of halogens is 4. The van der Waals surface area contributed by atoms with Gasteiger partial charge < -0.3 is 20.5 Å². The minimum absolute atomic E-state index is 0.0538. The molecule has 5 rings (SSSR count). The number of carboxylic acids is 1. The van der Waals surface area contributed by atoms with Crippen molar-refractivity contribution >= 4 is 44.2 Å². The number of hydrogen-bond acceptors (Lipinski definition) is 8. The molecule has 256 valence electrons. The lowest BCUT2D eigenvalue weighted by molar-refractivity contribution is -0.192. The summed E-state index contributed by atoms with van der Waals surface area (Å²) in [6, 6.07) is 24.3. The number of carbonyl (C=O) groups excluding carboxylic acids is 1. The highest BCUT2D eigenvalue weighted by Crippen LogP contribution is 2.25. The quantitative estimate of drug-likeness (QED) is 0.125. The zero-order chi connectivity index (χ0) is 35.6. The fourth-order valence-corrected chi connectivity index (χ4v) is 5.29. The number of pyridine rings is 2. The molecular weight excluding hydrogens is 670 g/mol. The molecule has 0 bridgehead atoms. The van der Waals surface area contributed by atoms with Crippen LogP contribution in [0, 0.1) is 5.82 Å². The van der Waals surface area contributed by atoms with Crippen LogP contribution in [0.1, 0.15) is 21.6 Å². The summed E-state index contributed by atoms with van der Waals surface area (Å²) < 4.78 is 79.0. The van der Waals surface area contributed by atoms with Crippen LogP contribution in [0.25, 0.3) is 10.8 Å². The zero-order valence-electron chi connectivity index (χ0n) is 25.7. The second-order valence-corrected chi connectivity index (χ2v) is 11.9. The maximum atomic E-state index is 13.2. The molecule has 0 radical (unpaired) electrons. The fraction of sp³-hybridized carbons (Fsp3) is 0.152. The monoisotopic (exact) mass is 699 g/mol. The Bertz CT molecular complexity index is 2030. The lowest BCUT2D eigenvalue weighted by atomic mass is 10.1. The number of rotatable bonds is 11. The molecule has 0 aliphatic heterocycles. The summed E-state index contributed by atoms with van der Waals surface area (Å²) in [6.07, 6.45) is -2.78. The van der Waals surface area contributed by atoms with Crippen molar-refractivity contribution in [2.75, 3.05) is 24.3 Å². The van der Waals surface area contributed by atoms with E-state index in [1.807, 2.05) is 18.2 Å². The van der Waals surface area contributed by atoms with E-state index >= 15 is 0 Å². The number of amides is 1. The van der Waals surface area contributed by atoms with Crippen molar-refractivity contribution in [2.45, 2.75) is 24.0 Å². The van der Waals surface area contributed by atoms with Crippen LogP contribution < -0.4 is 20.1 Å². The molecule has 16 heteroatoms. The van der Waals surface area contributed by atoms with Crippen molar-refractivity contribution in [1.29, 1.82) is 0 Å². The first kappa shape index (κ1) is 36.2. The van der Waals surface area contributed by atoms with Crippen LogP contribution in [-0.4, -0.2) is 55.2 Å². The lowest BCUT2D eigenvalue weighted by Gasteiger charge is -2.12. The molecule has 5 aromatic rings. The zero-order valence-corrected chi connectivity index (χ0v) is 26.5. The fourth-order valence-electron chi connectivity index (χ4n) is 4.25.